The molecule has 0 bridgehead atoms. The van der Waals surface area contributed by atoms with E-state index < -0.39 is 11.7 Å². The maximum atomic E-state index is 13.8. The minimum absolute atomic E-state index is 0.0551. The first kappa shape index (κ1) is 19.6. The van der Waals surface area contributed by atoms with Crippen molar-refractivity contribution in [2.24, 2.45) is 0 Å². The van der Waals surface area contributed by atoms with E-state index in [2.05, 4.69) is 15.4 Å². The van der Waals surface area contributed by atoms with Crippen molar-refractivity contribution in [1.29, 1.82) is 0 Å². The molecule has 4 rings (SSSR count). The number of nitrogens with one attached hydrogen (secondary N) is 1. The van der Waals surface area contributed by atoms with Gasteiger partial charge in [0.25, 0.3) is 5.91 Å². The van der Waals surface area contributed by atoms with Crippen LogP contribution >= 0.6 is 11.3 Å². The van der Waals surface area contributed by atoms with Crippen LogP contribution in [0.2, 0.25) is 0 Å². The molecule has 7 nitrogen and oxygen atoms in total. The molecule has 1 N–H and O–H groups in total. The van der Waals surface area contributed by atoms with E-state index in [0.29, 0.717) is 28.7 Å². The zero-order chi connectivity index (χ0) is 21.1. The summed E-state index contributed by atoms with van der Waals surface area (Å²) in [5.74, 6) is 0.493. The molecule has 4 aromatic rings. The molecule has 0 aliphatic heterocycles. The fourth-order valence-electron chi connectivity index (χ4n) is 2.84. The second-order valence-electron chi connectivity index (χ2n) is 6.15. The Bertz CT molecular complexity index is 1190. The summed E-state index contributed by atoms with van der Waals surface area (Å²) in [6, 6.07) is 14.7. The van der Waals surface area contributed by atoms with Gasteiger partial charge < -0.3 is 14.8 Å². The molecule has 0 radical (unpaired) electrons. The number of ether oxygens (including phenoxy) is 2. The van der Waals surface area contributed by atoms with Crippen LogP contribution in [-0.2, 0) is 0 Å². The first-order chi connectivity index (χ1) is 14.6. The Labute approximate surface area is 175 Å². The molecule has 0 fully saturated rings. The fraction of sp³-hybridized carbons (Fsp3) is 0.0952. The first-order valence-corrected chi connectivity index (χ1v) is 9.77. The van der Waals surface area contributed by atoms with Gasteiger partial charge in [-0.1, -0.05) is 12.1 Å². The molecule has 2 heterocycles. The van der Waals surface area contributed by atoms with E-state index in [0.717, 1.165) is 4.88 Å². The number of nitrogens with zero attached hydrogens (tertiary/aromatic N) is 3. The van der Waals surface area contributed by atoms with Crippen LogP contribution in [0.1, 0.15) is 10.6 Å². The molecule has 0 aliphatic rings. The fourth-order valence-corrected chi connectivity index (χ4v) is 3.54. The highest BCUT2D eigenvalue weighted by Crippen LogP contribution is 2.30. The third-order valence-corrected chi connectivity index (χ3v) is 5.13. The predicted molar refractivity (Wildman–Crippen MR) is 112 cm³/mol. The Kier molecular flexibility index (Phi) is 5.44. The van der Waals surface area contributed by atoms with Crippen molar-refractivity contribution in [2.75, 3.05) is 19.5 Å². The Morgan fingerprint density at radius 3 is 2.67 bits per heavy atom. The smallest absolute Gasteiger partial charge is 0.295 e. The molecule has 2 aromatic heterocycles. The maximum Gasteiger partial charge on any atom is 0.295 e. The minimum atomic E-state index is -0.522. The third kappa shape index (κ3) is 3.87. The summed E-state index contributed by atoms with van der Waals surface area (Å²) in [6.45, 7) is 0. The molecule has 0 spiro atoms. The number of carbonyl (C=O) groups excluding carboxylic acids is 1. The van der Waals surface area contributed by atoms with Crippen LogP contribution in [0.5, 0.6) is 11.5 Å². The Balaban J connectivity index is 1.71. The maximum absolute atomic E-state index is 13.8. The zero-order valence-corrected chi connectivity index (χ0v) is 16.9. The molecule has 0 saturated heterocycles. The summed E-state index contributed by atoms with van der Waals surface area (Å²) in [6.07, 6.45) is 0. The zero-order valence-electron chi connectivity index (χ0n) is 16.1. The standard InChI is InChI=1S/C21H17FN4O3S/c1-28-15-8-9-16(17(12-15)29-2)23-21(27)19-24-20(18-7-4-10-30-18)26(25-19)14-6-3-5-13(22)11-14/h3-12H,1-2H3,(H,23,27). The highest BCUT2D eigenvalue weighted by Gasteiger charge is 2.21. The largest absolute Gasteiger partial charge is 0.497 e. The Morgan fingerprint density at radius 1 is 1.10 bits per heavy atom. The highest BCUT2D eigenvalue weighted by molar-refractivity contribution is 7.13. The van der Waals surface area contributed by atoms with Crippen LogP contribution in [0.3, 0.4) is 0 Å². The number of carbonyl (C=O) groups is 1. The summed E-state index contributed by atoms with van der Waals surface area (Å²) in [5.41, 5.74) is 0.912. The van der Waals surface area contributed by atoms with Crippen LogP contribution < -0.4 is 14.8 Å². The first-order valence-electron chi connectivity index (χ1n) is 8.89. The summed E-state index contributed by atoms with van der Waals surface area (Å²) >= 11 is 1.45. The second kappa shape index (κ2) is 8.34. The number of methoxy groups -OCH3 is 2. The molecule has 1 amide bonds. The van der Waals surface area contributed by atoms with Crippen molar-refractivity contribution in [1.82, 2.24) is 14.8 Å². The Morgan fingerprint density at radius 2 is 1.97 bits per heavy atom. The van der Waals surface area contributed by atoms with E-state index in [4.69, 9.17) is 9.47 Å². The molecule has 0 unspecified atom stereocenters. The number of thiophene rings is 1. The molecular formula is C21H17FN4O3S. The molecule has 9 heteroatoms. The number of aromatic nitrogens is 3. The molecular weight excluding hydrogens is 407 g/mol. The van der Waals surface area contributed by atoms with Gasteiger partial charge in [0.2, 0.25) is 5.82 Å². The summed E-state index contributed by atoms with van der Waals surface area (Å²) < 4.78 is 25.7. The van der Waals surface area contributed by atoms with Gasteiger partial charge in [-0.05, 0) is 41.8 Å². The number of hydrogen-bond donors (Lipinski definition) is 1. The van der Waals surface area contributed by atoms with Gasteiger partial charge in [-0.2, -0.15) is 0 Å². The topological polar surface area (TPSA) is 78.3 Å². The minimum Gasteiger partial charge on any atom is -0.497 e. The van der Waals surface area contributed by atoms with Crippen LogP contribution in [-0.4, -0.2) is 34.9 Å². The predicted octanol–water partition coefficient (Wildman–Crippen LogP) is 4.40. The van der Waals surface area contributed by atoms with Gasteiger partial charge in [0, 0.05) is 6.07 Å². The van der Waals surface area contributed by atoms with Crippen molar-refractivity contribution >= 4 is 22.9 Å². The van der Waals surface area contributed by atoms with E-state index in [9.17, 15) is 9.18 Å². The molecule has 0 saturated carbocycles. The van der Waals surface area contributed by atoms with Crippen molar-refractivity contribution < 1.29 is 18.7 Å². The van der Waals surface area contributed by atoms with Crippen LogP contribution in [0.4, 0.5) is 10.1 Å². The second-order valence-corrected chi connectivity index (χ2v) is 7.10. The van der Waals surface area contributed by atoms with Crippen molar-refractivity contribution in [2.45, 2.75) is 0 Å². The normalized spacial score (nSPS) is 10.6. The van der Waals surface area contributed by atoms with Gasteiger partial charge in [0.05, 0.1) is 30.5 Å². The summed E-state index contributed by atoms with van der Waals surface area (Å²) in [5, 5.41) is 8.97. The highest BCUT2D eigenvalue weighted by atomic mass is 32.1. The molecule has 2 aromatic carbocycles. The quantitative estimate of drug-likeness (QED) is 0.496. The Hall–Kier alpha value is -3.72. The van der Waals surface area contributed by atoms with E-state index in [-0.39, 0.29) is 5.82 Å². The molecule has 30 heavy (non-hydrogen) atoms. The number of halogens is 1. The van der Waals surface area contributed by atoms with E-state index in [1.807, 2.05) is 17.5 Å². The summed E-state index contributed by atoms with van der Waals surface area (Å²) in [7, 11) is 3.04. The van der Waals surface area contributed by atoms with Crippen molar-refractivity contribution in [3.63, 3.8) is 0 Å². The third-order valence-electron chi connectivity index (χ3n) is 4.26. The van der Waals surface area contributed by atoms with Gasteiger partial charge in [-0.15, -0.1) is 16.4 Å². The van der Waals surface area contributed by atoms with E-state index >= 15 is 0 Å². The number of anilines is 1. The monoisotopic (exact) mass is 424 g/mol. The van der Waals surface area contributed by atoms with Crippen LogP contribution in [0, 0.1) is 5.82 Å². The SMILES string of the molecule is COc1ccc(NC(=O)c2nc(-c3cccs3)n(-c3cccc(F)c3)n2)c(OC)c1. The average molecular weight is 424 g/mol. The van der Waals surface area contributed by atoms with Crippen molar-refractivity contribution in [3.05, 3.63) is 71.6 Å². The lowest BCUT2D eigenvalue weighted by molar-refractivity contribution is 0.101. The lowest BCUT2D eigenvalue weighted by atomic mass is 10.2. The lowest BCUT2D eigenvalue weighted by Crippen LogP contribution is -2.15. The van der Waals surface area contributed by atoms with Crippen LogP contribution in [0.15, 0.2) is 60.0 Å². The molecule has 152 valence electrons. The number of rotatable bonds is 6. The number of amides is 1. The molecule has 0 atom stereocenters. The number of hydrogen-bond acceptors (Lipinski definition) is 6. The van der Waals surface area contributed by atoms with Gasteiger partial charge in [0.15, 0.2) is 5.82 Å². The summed E-state index contributed by atoms with van der Waals surface area (Å²) in [4.78, 5) is 18.1. The van der Waals surface area contributed by atoms with E-state index in [1.54, 1.807) is 37.4 Å². The van der Waals surface area contributed by atoms with Gasteiger partial charge in [0.1, 0.15) is 17.3 Å². The van der Waals surface area contributed by atoms with Crippen molar-refractivity contribution in [3.8, 4) is 27.9 Å². The van der Waals surface area contributed by atoms with E-state index in [1.165, 1.54) is 35.3 Å². The van der Waals surface area contributed by atoms with Gasteiger partial charge in [-0.3, -0.25) is 4.79 Å². The number of benzene rings is 2. The average Bonchev–Trinajstić information content (AvgIpc) is 3.44. The van der Waals surface area contributed by atoms with Gasteiger partial charge >= 0.3 is 0 Å². The van der Waals surface area contributed by atoms with Crippen LogP contribution in [0.25, 0.3) is 16.4 Å². The lowest BCUT2D eigenvalue weighted by Gasteiger charge is -2.10. The van der Waals surface area contributed by atoms with Gasteiger partial charge in [-0.25, -0.2) is 14.1 Å². The molecule has 0 aliphatic carbocycles.